The lowest BCUT2D eigenvalue weighted by molar-refractivity contribution is 0.159. The summed E-state index contributed by atoms with van der Waals surface area (Å²) in [6.45, 7) is 2.02. The molecule has 0 aliphatic carbocycles. The Hall–Kier alpha value is -0.880. The summed E-state index contributed by atoms with van der Waals surface area (Å²) in [4.78, 5) is 0. The number of aryl methyl sites for hydroxylation is 2. The van der Waals surface area contributed by atoms with E-state index < -0.39 is 21.2 Å². The minimum atomic E-state index is -3.13. The normalized spacial score (nSPS) is 24.3. The van der Waals surface area contributed by atoms with Crippen LogP contribution in [0.1, 0.15) is 37.6 Å². The van der Waals surface area contributed by atoms with E-state index in [4.69, 9.17) is 0 Å². The maximum Gasteiger partial charge on any atom is 0.155 e. The molecule has 0 aromatic carbocycles. The van der Waals surface area contributed by atoms with Gasteiger partial charge >= 0.3 is 0 Å². The van der Waals surface area contributed by atoms with E-state index in [2.05, 4.69) is 5.10 Å². The quantitative estimate of drug-likeness (QED) is 0.891. The molecule has 5 nitrogen and oxygen atoms in total. The molecule has 2 atom stereocenters. The molecule has 0 radical (unpaired) electrons. The number of hydrogen-bond acceptors (Lipinski definition) is 4. The number of aliphatic hydroxyl groups is 1. The van der Waals surface area contributed by atoms with Crippen molar-refractivity contribution >= 4 is 9.84 Å². The van der Waals surface area contributed by atoms with Gasteiger partial charge in [-0.05, 0) is 25.3 Å². The van der Waals surface area contributed by atoms with Crippen LogP contribution in [0.25, 0.3) is 0 Å². The van der Waals surface area contributed by atoms with Crippen LogP contribution in [0.15, 0.2) is 6.07 Å². The van der Waals surface area contributed by atoms with Crippen molar-refractivity contribution in [2.24, 2.45) is 7.05 Å². The zero-order valence-corrected chi connectivity index (χ0v) is 12.4. The molecule has 1 aromatic heterocycles. The molecule has 0 spiro atoms. The molecular formula is C13H22N2O3S. The van der Waals surface area contributed by atoms with E-state index in [9.17, 15) is 13.5 Å². The number of aromatic nitrogens is 2. The Labute approximate surface area is 114 Å². The number of rotatable bonds is 4. The minimum absolute atomic E-state index is 0.209. The summed E-state index contributed by atoms with van der Waals surface area (Å²) >= 11 is 0. The van der Waals surface area contributed by atoms with Gasteiger partial charge in [0.05, 0.1) is 22.8 Å². The standard InChI is InChI=1S/C13H22N2O3S/c1-3-10-8-11(15(2)14-10)9-12(16)13-6-4-5-7-19(13,17)18/h8,12-13,16H,3-7,9H2,1-2H3. The lowest BCUT2D eigenvalue weighted by atomic mass is 10.0. The smallest absolute Gasteiger partial charge is 0.155 e. The number of sulfone groups is 1. The number of nitrogens with zero attached hydrogens (tertiary/aromatic N) is 2. The monoisotopic (exact) mass is 286 g/mol. The molecule has 0 amide bonds. The van der Waals surface area contributed by atoms with Gasteiger partial charge in [0.15, 0.2) is 9.84 Å². The van der Waals surface area contributed by atoms with Crippen molar-refractivity contribution in [2.45, 2.75) is 50.4 Å². The molecule has 2 rings (SSSR count). The fourth-order valence-electron chi connectivity index (χ4n) is 2.69. The second-order valence-electron chi connectivity index (χ2n) is 5.28. The van der Waals surface area contributed by atoms with Gasteiger partial charge in [-0.25, -0.2) is 8.42 Å². The van der Waals surface area contributed by atoms with Gasteiger partial charge in [0.2, 0.25) is 0 Å². The topological polar surface area (TPSA) is 72.2 Å². The van der Waals surface area contributed by atoms with Gasteiger partial charge in [0, 0.05) is 19.2 Å². The second kappa shape index (κ2) is 5.63. The molecule has 0 bridgehead atoms. The van der Waals surface area contributed by atoms with E-state index in [0.717, 1.165) is 30.7 Å². The molecule has 1 N–H and O–H groups in total. The average Bonchev–Trinajstić information content (AvgIpc) is 2.69. The molecule has 19 heavy (non-hydrogen) atoms. The highest BCUT2D eigenvalue weighted by Gasteiger charge is 2.34. The average molecular weight is 286 g/mol. The summed E-state index contributed by atoms with van der Waals surface area (Å²) < 4.78 is 25.7. The molecule has 1 saturated heterocycles. The van der Waals surface area contributed by atoms with Crippen LogP contribution in [0.2, 0.25) is 0 Å². The van der Waals surface area contributed by atoms with Crippen LogP contribution < -0.4 is 0 Å². The summed E-state index contributed by atoms with van der Waals surface area (Å²) in [5.41, 5.74) is 1.86. The van der Waals surface area contributed by atoms with Crippen LogP contribution in [-0.2, 0) is 29.7 Å². The van der Waals surface area contributed by atoms with Crippen molar-refractivity contribution in [3.63, 3.8) is 0 Å². The van der Waals surface area contributed by atoms with E-state index in [0.29, 0.717) is 12.8 Å². The largest absolute Gasteiger partial charge is 0.391 e. The highest BCUT2D eigenvalue weighted by Crippen LogP contribution is 2.24. The Morgan fingerprint density at radius 3 is 2.84 bits per heavy atom. The van der Waals surface area contributed by atoms with Crippen molar-refractivity contribution in [3.05, 3.63) is 17.5 Å². The Morgan fingerprint density at radius 1 is 1.53 bits per heavy atom. The summed E-state index contributed by atoms with van der Waals surface area (Å²) in [5, 5.41) is 14.0. The van der Waals surface area contributed by atoms with Gasteiger partial charge in [-0.15, -0.1) is 0 Å². The van der Waals surface area contributed by atoms with Crippen LogP contribution in [-0.4, -0.2) is 40.4 Å². The zero-order valence-electron chi connectivity index (χ0n) is 11.5. The third-order valence-corrected chi connectivity index (χ3v) is 6.20. The molecule has 1 fully saturated rings. The summed E-state index contributed by atoms with van der Waals surface area (Å²) in [6, 6.07) is 1.94. The first-order chi connectivity index (χ1) is 8.94. The Morgan fingerprint density at radius 2 is 2.26 bits per heavy atom. The van der Waals surface area contributed by atoms with E-state index in [1.807, 2.05) is 20.0 Å². The van der Waals surface area contributed by atoms with Gasteiger partial charge in [-0.2, -0.15) is 5.10 Å². The maximum atomic E-state index is 12.0. The fraction of sp³-hybridized carbons (Fsp3) is 0.769. The van der Waals surface area contributed by atoms with E-state index in [1.54, 1.807) is 4.68 Å². The Bertz CT molecular complexity index is 536. The third-order valence-electron chi connectivity index (χ3n) is 3.87. The first-order valence-electron chi connectivity index (χ1n) is 6.85. The van der Waals surface area contributed by atoms with E-state index in [-0.39, 0.29) is 5.75 Å². The number of aliphatic hydroxyl groups excluding tert-OH is 1. The first-order valence-corrected chi connectivity index (χ1v) is 8.57. The van der Waals surface area contributed by atoms with Crippen molar-refractivity contribution < 1.29 is 13.5 Å². The van der Waals surface area contributed by atoms with E-state index >= 15 is 0 Å². The molecule has 1 aliphatic rings. The first kappa shape index (κ1) is 14.5. The summed E-state index contributed by atoms with van der Waals surface area (Å²) in [7, 11) is -1.30. The summed E-state index contributed by atoms with van der Waals surface area (Å²) in [5.74, 6) is 0.209. The molecule has 108 valence electrons. The van der Waals surface area contributed by atoms with Crippen molar-refractivity contribution in [3.8, 4) is 0 Å². The van der Waals surface area contributed by atoms with Crippen LogP contribution in [0.5, 0.6) is 0 Å². The lowest BCUT2D eigenvalue weighted by Gasteiger charge is -2.26. The van der Waals surface area contributed by atoms with Crippen LogP contribution in [0.3, 0.4) is 0 Å². The third kappa shape index (κ3) is 3.17. The Balaban J connectivity index is 2.11. The Kier molecular flexibility index (Phi) is 4.30. The van der Waals surface area contributed by atoms with Crippen molar-refractivity contribution in [1.82, 2.24) is 9.78 Å². The van der Waals surface area contributed by atoms with Gasteiger partial charge in [0.1, 0.15) is 0 Å². The second-order valence-corrected chi connectivity index (χ2v) is 7.62. The maximum absolute atomic E-state index is 12.0. The minimum Gasteiger partial charge on any atom is -0.391 e. The molecule has 1 aliphatic heterocycles. The van der Waals surface area contributed by atoms with Crippen LogP contribution >= 0.6 is 0 Å². The molecule has 2 unspecified atom stereocenters. The van der Waals surface area contributed by atoms with Crippen LogP contribution in [0, 0.1) is 0 Å². The molecular weight excluding hydrogens is 264 g/mol. The van der Waals surface area contributed by atoms with Gasteiger partial charge in [0.25, 0.3) is 0 Å². The van der Waals surface area contributed by atoms with Gasteiger partial charge < -0.3 is 5.11 Å². The predicted molar refractivity (Wildman–Crippen MR) is 73.7 cm³/mol. The SMILES string of the molecule is CCc1cc(CC(O)C2CCCCS2(=O)=O)n(C)n1. The van der Waals surface area contributed by atoms with Gasteiger partial charge in [-0.1, -0.05) is 13.3 Å². The van der Waals surface area contributed by atoms with Crippen molar-refractivity contribution in [1.29, 1.82) is 0 Å². The summed E-state index contributed by atoms with van der Waals surface area (Å²) in [6.07, 6.45) is 2.54. The van der Waals surface area contributed by atoms with Gasteiger partial charge in [-0.3, -0.25) is 4.68 Å². The van der Waals surface area contributed by atoms with E-state index in [1.165, 1.54) is 0 Å². The highest BCUT2D eigenvalue weighted by atomic mass is 32.2. The van der Waals surface area contributed by atoms with Crippen LogP contribution in [0.4, 0.5) is 0 Å². The fourth-order valence-corrected chi connectivity index (χ4v) is 4.70. The number of hydrogen-bond donors (Lipinski definition) is 1. The molecule has 1 aromatic rings. The lowest BCUT2D eigenvalue weighted by Crippen LogP contribution is -2.39. The van der Waals surface area contributed by atoms with Crippen molar-refractivity contribution in [2.75, 3.05) is 5.75 Å². The molecule has 0 saturated carbocycles. The highest BCUT2D eigenvalue weighted by molar-refractivity contribution is 7.92. The zero-order chi connectivity index (χ0) is 14.0. The molecule has 2 heterocycles. The molecule has 6 heteroatoms. The predicted octanol–water partition coefficient (Wildman–Crippen LogP) is 0.853.